The van der Waals surface area contributed by atoms with E-state index >= 15 is 0 Å². The summed E-state index contributed by atoms with van der Waals surface area (Å²) < 4.78 is 11.6. The lowest BCUT2D eigenvalue weighted by molar-refractivity contribution is 0.107. The molecule has 0 amide bonds. The predicted octanol–water partition coefficient (Wildman–Crippen LogP) is 6.63. The second-order valence-electron chi connectivity index (χ2n) is 9.67. The van der Waals surface area contributed by atoms with E-state index in [-0.39, 0.29) is 5.41 Å². The van der Waals surface area contributed by atoms with Crippen molar-refractivity contribution in [3.8, 4) is 5.75 Å². The fourth-order valence-electron chi connectivity index (χ4n) is 3.89. The first-order valence-electron chi connectivity index (χ1n) is 10.3. The smallest absolute Gasteiger partial charge is 0.119 e. The molecule has 0 atom stereocenters. The zero-order chi connectivity index (χ0) is 20.6. The molecule has 0 unspecified atom stereocenters. The molecule has 2 aromatic rings. The average molecular weight is 382 g/mol. The number of benzene rings is 2. The Morgan fingerprint density at radius 3 is 2.07 bits per heavy atom. The lowest BCUT2D eigenvalue weighted by atomic mass is 9.72. The Morgan fingerprint density at radius 1 is 0.821 bits per heavy atom. The highest BCUT2D eigenvalue weighted by molar-refractivity contribution is 5.31. The Balaban J connectivity index is 1.69. The first-order valence-corrected chi connectivity index (χ1v) is 10.3. The third-order valence-electron chi connectivity index (χ3n) is 4.80. The van der Waals surface area contributed by atoms with Crippen molar-refractivity contribution in [2.45, 2.75) is 59.8 Å². The maximum Gasteiger partial charge on any atom is 0.119 e. The Kier molecular flexibility index (Phi) is 8.12. The molecule has 0 saturated carbocycles. The van der Waals surface area contributed by atoms with Gasteiger partial charge in [-0.1, -0.05) is 84.0 Å². The van der Waals surface area contributed by atoms with E-state index < -0.39 is 0 Å². The second-order valence-corrected chi connectivity index (χ2v) is 9.67. The van der Waals surface area contributed by atoms with Crippen molar-refractivity contribution >= 4 is 0 Å². The fraction of sp³-hybridized carbons (Fsp3) is 0.500. The Morgan fingerprint density at radius 2 is 1.46 bits per heavy atom. The highest BCUT2D eigenvalue weighted by Crippen LogP contribution is 2.36. The number of hydrogen-bond acceptors (Lipinski definition) is 2. The molecule has 0 fully saturated rings. The predicted molar refractivity (Wildman–Crippen MR) is 119 cm³/mol. The molecule has 0 saturated heterocycles. The van der Waals surface area contributed by atoms with Gasteiger partial charge in [-0.15, -0.1) is 0 Å². The highest BCUT2D eigenvalue weighted by atomic mass is 16.5. The zero-order valence-electron chi connectivity index (χ0n) is 18.5. The molecule has 0 spiro atoms. The van der Waals surface area contributed by atoms with Gasteiger partial charge in [-0.3, -0.25) is 0 Å². The van der Waals surface area contributed by atoms with Crippen LogP contribution >= 0.6 is 0 Å². The van der Waals surface area contributed by atoms with Crippen LogP contribution in [-0.2, 0) is 16.6 Å². The van der Waals surface area contributed by atoms with E-state index in [0.29, 0.717) is 25.2 Å². The topological polar surface area (TPSA) is 18.5 Å². The van der Waals surface area contributed by atoms with E-state index in [1.807, 2.05) is 6.07 Å². The van der Waals surface area contributed by atoms with Gasteiger partial charge in [0.25, 0.3) is 0 Å². The van der Waals surface area contributed by atoms with E-state index in [1.165, 1.54) is 17.0 Å². The summed E-state index contributed by atoms with van der Waals surface area (Å²) in [6, 6.07) is 19.0. The van der Waals surface area contributed by atoms with Crippen molar-refractivity contribution in [1.82, 2.24) is 0 Å². The van der Waals surface area contributed by atoms with E-state index in [1.54, 1.807) is 0 Å². The van der Waals surface area contributed by atoms with Gasteiger partial charge in [-0.2, -0.15) is 0 Å². The van der Waals surface area contributed by atoms with E-state index in [0.717, 1.165) is 18.6 Å². The van der Waals surface area contributed by atoms with Gasteiger partial charge in [0.1, 0.15) is 12.4 Å². The summed E-state index contributed by atoms with van der Waals surface area (Å²) >= 11 is 0. The van der Waals surface area contributed by atoms with Crippen molar-refractivity contribution in [2.75, 3.05) is 19.8 Å². The lowest BCUT2D eigenvalue weighted by Crippen LogP contribution is -2.24. The molecule has 0 bridgehead atoms. The summed E-state index contributed by atoms with van der Waals surface area (Å²) in [6.45, 7) is 15.5. The molecule has 0 aliphatic carbocycles. The van der Waals surface area contributed by atoms with Gasteiger partial charge in [-0.25, -0.2) is 0 Å². The van der Waals surface area contributed by atoms with Crippen molar-refractivity contribution in [3.05, 3.63) is 71.6 Å². The van der Waals surface area contributed by atoms with Gasteiger partial charge in [-0.05, 0) is 46.9 Å². The van der Waals surface area contributed by atoms with Crippen molar-refractivity contribution in [1.29, 1.82) is 0 Å². The molecule has 28 heavy (non-hydrogen) atoms. The maximum absolute atomic E-state index is 5.84. The summed E-state index contributed by atoms with van der Waals surface area (Å²) in [7, 11) is 0. The molecule has 2 rings (SSSR count). The lowest BCUT2D eigenvalue weighted by Gasteiger charge is -2.33. The van der Waals surface area contributed by atoms with Crippen LogP contribution in [-0.4, -0.2) is 19.8 Å². The van der Waals surface area contributed by atoms with E-state index in [4.69, 9.17) is 9.47 Å². The molecule has 0 heterocycles. The van der Waals surface area contributed by atoms with Gasteiger partial charge >= 0.3 is 0 Å². The van der Waals surface area contributed by atoms with Crippen LogP contribution in [0.25, 0.3) is 0 Å². The van der Waals surface area contributed by atoms with Gasteiger partial charge < -0.3 is 9.47 Å². The van der Waals surface area contributed by atoms with Crippen molar-refractivity contribution in [3.63, 3.8) is 0 Å². The Hall–Kier alpha value is -1.80. The normalized spacial score (nSPS) is 12.4. The summed E-state index contributed by atoms with van der Waals surface area (Å²) in [5.41, 5.74) is 3.16. The molecular formula is C26H37O2. The molecule has 2 aromatic carbocycles. The minimum Gasteiger partial charge on any atom is -0.491 e. The van der Waals surface area contributed by atoms with Gasteiger partial charge in [0.2, 0.25) is 0 Å². The monoisotopic (exact) mass is 381 g/mol. The van der Waals surface area contributed by atoms with Crippen LogP contribution in [0.4, 0.5) is 0 Å². The van der Waals surface area contributed by atoms with E-state index in [2.05, 4.69) is 90.1 Å². The first kappa shape index (κ1) is 22.5. The van der Waals surface area contributed by atoms with Crippen molar-refractivity contribution < 1.29 is 9.47 Å². The van der Waals surface area contributed by atoms with Crippen LogP contribution in [0, 0.1) is 11.3 Å². The quantitative estimate of drug-likeness (QED) is 0.430. The van der Waals surface area contributed by atoms with Crippen LogP contribution in [0.15, 0.2) is 54.6 Å². The minimum absolute atomic E-state index is 0.159. The maximum atomic E-state index is 5.84. The molecule has 0 aromatic heterocycles. The van der Waals surface area contributed by atoms with Crippen molar-refractivity contribution in [2.24, 2.45) is 5.41 Å². The molecule has 1 radical (unpaired) electrons. The van der Waals surface area contributed by atoms with Crippen LogP contribution in [0.5, 0.6) is 5.75 Å². The van der Waals surface area contributed by atoms with Crippen LogP contribution in [0.1, 0.15) is 59.1 Å². The standard InChI is InChI=1S/C26H37O2/c1-21(18-22-10-8-7-9-11-22)19-27-16-17-28-24-14-12-23(13-15-24)26(5,6)20-25(2,3)4/h7-15H,16-20H2,1-6H3. The Bertz CT molecular complexity index is 681. The third kappa shape index (κ3) is 8.06. The van der Waals surface area contributed by atoms with Crippen LogP contribution < -0.4 is 4.74 Å². The molecule has 2 heteroatoms. The minimum atomic E-state index is 0.159. The fourth-order valence-corrected chi connectivity index (χ4v) is 3.89. The second kappa shape index (κ2) is 10.1. The van der Waals surface area contributed by atoms with Gasteiger partial charge in [0.05, 0.1) is 13.2 Å². The molecule has 0 aliphatic rings. The largest absolute Gasteiger partial charge is 0.491 e. The molecular weight excluding hydrogens is 344 g/mol. The third-order valence-corrected chi connectivity index (χ3v) is 4.80. The summed E-state index contributed by atoms with van der Waals surface area (Å²) in [6.07, 6.45) is 2.11. The van der Waals surface area contributed by atoms with Gasteiger partial charge in [0, 0.05) is 5.92 Å². The summed E-state index contributed by atoms with van der Waals surface area (Å²) in [5.74, 6) is 2.24. The highest BCUT2D eigenvalue weighted by Gasteiger charge is 2.27. The molecule has 0 N–H and O–H groups in total. The molecule has 2 nitrogen and oxygen atoms in total. The molecule has 0 aliphatic heterocycles. The zero-order valence-corrected chi connectivity index (χ0v) is 18.5. The van der Waals surface area contributed by atoms with Crippen LogP contribution in [0.3, 0.4) is 0 Å². The number of rotatable bonds is 10. The van der Waals surface area contributed by atoms with Crippen LogP contribution in [0.2, 0.25) is 0 Å². The Labute approximate surface area is 172 Å². The van der Waals surface area contributed by atoms with E-state index in [9.17, 15) is 0 Å². The van der Waals surface area contributed by atoms with Gasteiger partial charge in [0.15, 0.2) is 0 Å². The summed E-state index contributed by atoms with van der Waals surface area (Å²) in [5, 5.41) is 0. The first-order chi connectivity index (χ1) is 13.2. The SMILES string of the molecule is C[C](COCCOc1ccc(C(C)(C)CC(C)(C)C)cc1)Cc1ccccc1. The average Bonchev–Trinajstić information content (AvgIpc) is 2.61. The number of hydrogen-bond donors (Lipinski definition) is 0. The number of ether oxygens (including phenoxy) is 2. The summed E-state index contributed by atoms with van der Waals surface area (Å²) in [4.78, 5) is 0. The molecule has 153 valence electrons.